The molecule has 1 atom stereocenters. The summed E-state index contributed by atoms with van der Waals surface area (Å²) < 4.78 is 0. The fraction of sp³-hybridized carbons (Fsp3) is 0.625. The van der Waals surface area contributed by atoms with Crippen LogP contribution in [0.1, 0.15) is 49.2 Å². The second-order valence-corrected chi connectivity index (χ2v) is 6.24. The van der Waals surface area contributed by atoms with Gasteiger partial charge in [0.25, 0.3) is 5.91 Å². The van der Waals surface area contributed by atoms with Crippen LogP contribution < -0.4 is 11.3 Å². The molecule has 2 rings (SSSR count). The molecule has 1 fully saturated rings. The Labute approximate surface area is 126 Å². The van der Waals surface area contributed by atoms with Gasteiger partial charge >= 0.3 is 0 Å². The average Bonchev–Trinajstić information content (AvgIpc) is 2.72. The van der Waals surface area contributed by atoms with Gasteiger partial charge < -0.3 is 10.3 Å². The summed E-state index contributed by atoms with van der Waals surface area (Å²) in [6.07, 6.45) is 4.97. The molecule has 2 heterocycles. The van der Waals surface area contributed by atoms with Crippen LogP contribution >= 0.6 is 0 Å². The Bertz CT molecular complexity index is 501. The fourth-order valence-corrected chi connectivity index (χ4v) is 3.01. The summed E-state index contributed by atoms with van der Waals surface area (Å²) in [7, 11) is 0. The van der Waals surface area contributed by atoms with Crippen LogP contribution in [-0.4, -0.2) is 28.9 Å². The van der Waals surface area contributed by atoms with E-state index in [0.717, 1.165) is 31.6 Å². The highest BCUT2D eigenvalue weighted by Gasteiger charge is 2.24. The number of carbonyl (C=O) groups excluding carboxylic acids is 1. The first-order valence-corrected chi connectivity index (χ1v) is 7.75. The number of pyridine rings is 1. The molecule has 0 spiro atoms. The van der Waals surface area contributed by atoms with Crippen molar-refractivity contribution >= 4 is 11.6 Å². The van der Waals surface area contributed by atoms with Gasteiger partial charge in [0.1, 0.15) is 0 Å². The standard InChI is InChI=1S/C16H26N4O/c1-11(2)13-5-4-7-20(8-6-13)16(21)14-10-18-12(3)9-15(14)19-17/h9-11,13H,4-8,17H2,1-3H3,(H,18,19). The SMILES string of the molecule is Cc1cc(NN)c(C(=O)N2CCCC(C(C)C)CC2)cn1. The molecule has 5 nitrogen and oxygen atoms in total. The van der Waals surface area contributed by atoms with E-state index in [2.05, 4.69) is 24.3 Å². The van der Waals surface area contributed by atoms with Crippen molar-refractivity contribution in [3.63, 3.8) is 0 Å². The minimum absolute atomic E-state index is 0.0276. The minimum Gasteiger partial charge on any atom is -0.339 e. The van der Waals surface area contributed by atoms with E-state index >= 15 is 0 Å². The number of hydrogen-bond donors (Lipinski definition) is 2. The molecule has 0 radical (unpaired) electrons. The van der Waals surface area contributed by atoms with E-state index in [-0.39, 0.29) is 5.91 Å². The summed E-state index contributed by atoms with van der Waals surface area (Å²) in [5.41, 5.74) is 4.67. The van der Waals surface area contributed by atoms with E-state index < -0.39 is 0 Å². The third kappa shape index (κ3) is 3.73. The van der Waals surface area contributed by atoms with Gasteiger partial charge in [-0.05, 0) is 44.1 Å². The molecule has 1 amide bonds. The maximum absolute atomic E-state index is 12.7. The molecule has 1 unspecified atom stereocenters. The summed E-state index contributed by atoms with van der Waals surface area (Å²) in [6.45, 7) is 8.05. The van der Waals surface area contributed by atoms with Gasteiger partial charge in [0.2, 0.25) is 0 Å². The molecule has 0 aromatic carbocycles. The number of nitrogen functional groups attached to an aromatic ring is 1. The predicted octanol–water partition coefficient (Wildman–Crippen LogP) is 2.57. The van der Waals surface area contributed by atoms with E-state index in [9.17, 15) is 4.79 Å². The molecule has 1 aliphatic heterocycles. The number of aryl methyl sites for hydroxylation is 1. The number of likely N-dealkylation sites (tertiary alicyclic amines) is 1. The summed E-state index contributed by atoms with van der Waals surface area (Å²) in [5, 5.41) is 0. The molecule has 1 saturated heterocycles. The number of carbonyl (C=O) groups is 1. The van der Waals surface area contributed by atoms with E-state index in [0.29, 0.717) is 23.1 Å². The summed E-state index contributed by atoms with van der Waals surface area (Å²) in [6, 6.07) is 1.81. The van der Waals surface area contributed by atoms with Crippen molar-refractivity contribution in [2.45, 2.75) is 40.0 Å². The lowest BCUT2D eigenvalue weighted by molar-refractivity contribution is 0.0759. The molecular formula is C16H26N4O. The fourth-order valence-electron chi connectivity index (χ4n) is 3.01. The predicted molar refractivity (Wildman–Crippen MR) is 84.9 cm³/mol. The number of nitrogens with one attached hydrogen (secondary N) is 1. The lowest BCUT2D eigenvalue weighted by atomic mass is 9.89. The van der Waals surface area contributed by atoms with Gasteiger partial charge in [-0.2, -0.15) is 0 Å². The molecule has 3 N–H and O–H groups in total. The highest BCUT2D eigenvalue weighted by molar-refractivity contribution is 5.99. The first kappa shape index (κ1) is 15.8. The number of amides is 1. The van der Waals surface area contributed by atoms with Crippen molar-refractivity contribution in [1.29, 1.82) is 0 Å². The number of hydrogen-bond acceptors (Lipinski definition) is 4. The normalized spacial score (nSPS) is 19.5. The van der Waals surface area contributed by atoms with Gasteiger partial charge in [0, 0.05) is 25.0 Å². The number of anilines is 1. The smallest absolute Gasteiger partial charge is 0.257 e. The van der Waals surface area contributed by atoms with Crippen molar-refractivity contribution in [2.24, 2.45) is 17.7 Å². The zero-order valence-electron chi connectivity index (χ0n) is 13.2. The Hall–Kier alpha value is -1.62. The zero-order chi connectivity index (χ0) is 15.4. The lowest BCUT2D eigenvalue weighted by Gasteiger charge is -2.22. The lowest BCUT2D eigenvalue weighted by Crippen LogP contribution is -2.33. The highest BCUT2D eigenvalue weighted by Crippen LogP contribution is 2.26. The number of rotatable bonds is 3. The largest absolute Gasteiger partial charge is 0.339 e. The van der Waals surface area contributed by atoms with Crippen LogP contribution in [0.25, 0.3) is 0 Å². The first-order valence-electron chi connectivity index (χ1n) is 7.75. The Kier molecular flexibility index (Phi) is 5.17. The Morgan fingerprint density at radius 3 is 2.86 bits per heavy atom. The van der Waals surface area contributed by atoms with Gasteiger partial charge in [-0.15, -0.1) is 0 Å². The first-order chi connectivity index (χ1) is 10.0. The molecule has 1 aromatic rings. The van der Waals surface area contributed by atoms with Crippen molar-refractivity contribution in [3.05, 3.63) is 23.5 Å². The van der Waals surface area contributed by atoms with Crippen molar-refractivity contribution < 1.29 is 4.79 Å². The molecule has 5 heteroatoms. The molecule has 1 aliphatic rings. The molecule has 21 heavy (non-hydrogen) atoms. The average molecular weight is 290 g/mol. The number of aromatic nitrogens is 1. The summed E-state index contributed by atoms with van der Waals surface area (Å²) >= 11 is 0. The Morgan fingerprint density at radius 2 is 2.19 bits per heavy atom. The highest BCUT2D eigenvalue weighted by atomic mass is 16.2. The summed E-state index contributed by atoms with van der Waals surface area (Å²) in [4.78, 5) is 18.9. The second kappa shape index (κ2) is 6.89. The third-order valence-corrected chi connectivity index (χ3v) is 4.43. The topological polar surface area (TPSA) is 71.2 Å². The van der Waals surface area contributed by atoms with E-state index in [4.69, 9.17) is 5.84 Å². The Balaban J connectivity index is 2.13. The quantitative estimate of drug-likeness (QED) is 0.663. The van der Waals surface area contributed by atoms with Crippen molar-refractivity contribution in [2.75, 3.05) is 18.5 Å². The van der Waals surface area contributed by atoms with Crippen LogP contribution in [0.4, 0.5) is 5.69 Å². The van der Waals surface area contributed by atoms with Gasteiger partial charge in [0.15, 0.2) is 0 Å². The molecule has 116 valence electrons. The van der Waals surface area contributed by atoms with Crippen LogP contribution in [-0.2, 0) is 0 Å². The molecule has 0 saturated carbocycles. The van der Waals surface area contributed by atoms with Gasteiger partial charge in [-0.1, -0.05) is 13.8 Å². The van der Waals surface area contributed by atoms with Crippen LogP contribution in [0, 0.1) is 18.8 Å². The second-order valence-electron chi connectivity index (χ2n) is 6.24. The maximum atomic E-state index is 12.7. The minimum atomic E-state index is 0.0276. The zero-order valence-corrected chi connectivity index (χ0v) is 13.2. The number of hydrazine groups is 1. The molecule has 0 bridgehead atoms. The van der Waals surface area contributed by atoms with E-state index in [1.54, 1.807) is 6.20 Å². The number of nitrogens with zero attached hydrogens (tertiary/aromatic N) is 2. The van der Waals surface area contributed by atoms with Gasteiger partial charge in [-0.25, -0.2) is 0 Å². The van der Waals surface area contributed by atoms with E-state index in [1.807, 2.05) is 17.9 Å². The summed E-state index contributed by atoms with van der Waals surface area (Å²) in [5.74, 6) is 6.96. The van der Waals surface area contributed by atoms with Crippen LogP contribution in [0.3, 0.4) is 0 Å². The molecule has 1 aromatic heterocycles. The van der Waals surface area contributed by atoms with Gasteiger partial charge in [-0.3, -0.25) is 15.6 Å². The van der Waals surface area contributed by atoms with E-state index in [1.165, 1.54) is 6.42 Å². The maximum Gasteiger partial charge on any atom is 0.257 e. The van der Waals surface area contributed by atoms with Crippen molar-refractivity contribution in [3.8, 4) is 0 Å². The van der Waals surface area contributed by atoms with Crippen LogP contribution in [0.15, 0.2) is 12.3 Å². The third-order valence-electron chi connectivity index (χ3n) is 4.43. The molecular weight excluding hydrogens is 264 g/mol. The Morgan fingerprint density at radius 1 is 1.43 bits per heavy atom. The van der Waals surface area contributed by atoms with Crippen LogP contribution in [0.5, 0.6) is 0 Å². The van der Waals surface area contributed by atoms with Crippen molar-refractivity contribution in [1.82, 2.24) is 9.88 Å². The number of nitrogens with two attached hydrogens (primary N) is 1. The monoisotopic (exact) mass is 290 g/mol. The van der Waals surface area contributed by atoms with Gasteiger partial charge in [0.05, 0.1) is 11.3 Å². The molecule has 0 aliphatic carbocycles. The van der Waals surface area contributed by atoms with Crippen LogP contribution in [0.2, 0.25) is 0 Å².